The average molecular weight is 434 g/mol. The minimum atomic E-state index is -4.67. The van der Waals surface area contributed by atoms with Crippen LogP contribution in [0.25, 0.3) is 5.78 Å². The molecule has 0 radical (unpaired) electrons. The molecule has 11 heteroatoms. The van der Waals surface area contributed by atoms with E-state index in [1.54, 1.807) is 13.8 Å². The molecule has 1 aliphatic heterocycles. The SMILES string of the molecule is Cc1nc2nc(C(F)(F)F)nn2c(C)c1CC(=O)Nc1ccc(N2CCOCC2)cc1. The predicted octanol–water partition coefficient (Wildman–Crippen LogP) is 2.78. The van der Waals surface area contributed by atoms with E-state index in [0.717, 1.165) is 23.3 Å². The average Bonchev–Trinajstić information content (AvgIpc) is 3.17. The number of morpholine rings is 1. The van der Waals surface area contributed by atoms with Gasteiger partial charge in [-0.2, -0.15) is 18.2 Å². The second-order valence-electron chi connectivity index (χ2n) is 7.28. The van der Waals surface area contributed by atoms with Crippen LogP contribution in [0.3, 0.4) is 0 Å². The monoisotopic (exact) mass is 434 g/mol. The van der Waals surface area contributed by atoms with Crippen molar-refractivity contribution < 1.29 is 22.7 Å². The Bertz CT molecular complexity index is 1100. The van der Waals surface area contributed by atoms with Crippen LogP contribution >= 0.6 is 0 Å². The van der Waals surface area contributed by atoms with E-state index in [2.05, 4.69) is 25.3 Å². The molecule has 164 valence electrons. The first-order valence-electron chi connectivity index (χ1n) is 9.75. The van der Waals surface area contributed by atoms with Gasteiger partial charge in [0.2, 0.25) is 5.91 Å². The van der Waals surface area contributed by atoms with Crippen LogP contribution in [-0.2, 0) is 22.1 Å². The van der Waals surface area contributed by atoms with Gasteiger partial charge in [-0.25, -0.2) is 9.50 Å². The number of aryl methyl sites for hydroxylation is 2. The Hall–Kier alpha value is -3.21. The molecule has 0 saturated carbocycles. The molecule has 2 aromatic heterocycles. The van der Waals surface area contributed by atoms with Crippen LogP contribution in [-0.4, -0.2) is 51.8 Å². The maximum atomic E-state index is 12.9. The second kappa shape index (κ2) is 8.14. The summed E-state index contributed by atoms with van der Waals surface area (Å²) in [5.41, 5.74) is 3.02. The van der Waals surface area contributed by atoms with Crippen LogP contribution < -0.4 is 10.2 Å². The largest absolute Gasteiger partial charge is 0.453 e. The summed E-state index contributed by atoms with van der Waals surface area (Å²) in [5.74, 6) is -1.71. The quantitative estimate of drug-likeness (QED) is 0.680. The number of benzene rings is 1. The predicted molar refractivity (Wildman–Crippen MR) is 107 cm³/mol. The number of nitrogens with one attached hydrogen (secondary N) is 1. The lowest BCUT2D eigenvalue weighted by molar-refractivity contribution is -0.144. The number of ether oxygens (including phenoxy) is 1. The van der Waals surface area contributed by atoms with Gasteiger partial charge in [0.05, 0.1) is 19.6 Å². The Morgan fingerprint density at radius 3 is 2.45 bits per heavy atom. The molecule has 31 heavy (non-hydrogen) atoms. The van der Waals surface area contributed by atoms with Crippen molar-refractivity contribution in [1.29, 1.82) is 0 Å². The highest BCUT2D eigenvalue weighted by Crippen LogP contribution is 2.27. The summed E-state index contributed by atoms with van der Waals surface area (Å²) in [4.78, 5) is 22.3. The molecule has 1 fully saturated rings. The van der Waals surface area contributed by atoms with Crippen LogP contribution in [0.4, 0.5) is 24.5 Å². The molecule has 3 heterocycles. The van der Waals surface area contributed by atoms with Gasteiger partial charge in [-0.05, 0) is 38.1 Å². The summed E-state index contributed by atoms with van der Waals surface area (Å²) in [6.07, 6.45) is -4.72. The maximum Gasteiger partial charge on any atom is 0.453 e. The van der Waals surface area contributed by atoms with Crippen molar-refractivity contribution in [3.8, 4) is 0 Å². The van der Waals surface area contributed by atoms with E-state index in [4.69, 9.17) is 4.74 Å². The zero-order valence-corrected chi connectivity index (χ0v) is 17.0. The first kappa shape index (κ1) is 21.0. The number of anilines is 2. The Kier molecular flexibility index (Phi) is 5.52. The third-order valence-electron chi connectivity index (χ3n) is 5.17. The molecule has 0 unspecified atom stereocenters. The summed E-state index contributed by atoms with van der Waals surface area (Å²) in [5, 5.41) is 6.32. The molecule has 1 saturated heterocycles. The summed E-state index contributed by atoms with van der Waals surface area (Å²) < 4.78 is 45.1. The summed E-state index contributed by atoms with van der Waals surface area (Å²) in [6, 6.07) is 7.49. The maximum absolute atomic E-state index is 12.9. The molecule has 1 N–H and O–H groups in total. The standard InChI is InChI=1S/C20H21F3N6O2/c1-12-16(13(2)29-19(24-12)26-18(27-29)20(21,22)23)11-17(30)25-14-3-5-15(6-4-14)28-7-9-31-10-8-28/h3-6H,7-11H2,1-2H3,(H,25,30). The summed E-state index contributed by atoms with van der Waals surface area (Å²) >= 11 is 0. The number of alkyl halides is 3. The number of fused-ring (bicyclic) bond motifs is 1. The zero-order chi connectivity index (χ0) is 22.2. The van der Waals surface area contributed by atoms with Crippen LogP contribution in [0.2, 0.25) is 0 Å². The Morgan fingerprint density at radius 1 is 1.13 bits per heavy atom. The molecule has 1 aliphatic rings. The molecule has 3 aromatic rings. The van der Waals surface area contributed by atoms with E-state index in [1.807, 2.05) is 24.3 Å². The zero-order valence-electron chi connectivity index (χ0n) is 17.0. The van der Waals surface area contributed by atoms with E-state index < -0.39 is 12.0 Å². The van der Waals surface area contributed by atoms with Crippen molar-refractivity contribution in [1.82, 2.24) is 19.6 Å². The number of amides is 1. The Balaban J connectivity index is 1.49. The van der Waals surface area contributed by atoms with Gasteiger partial charge in [-0.1, -0.05) is 0 Å². The number of hydrogen-bond donors (Lipinski definition) is 1. The third kappa shape index (κ3) is 4.46. The van der Waals surface area contributed by atoms with Gasteiger partial charge in [0.15, 0.2) is 0 Å². The fourth-order valence-corrected chi connectivity index (χ4v) is 3.53. The summed E-state index contributed by atoms with van der Waals surface area (Å²) in [7, 11) is 0. The number of halogens is 3. The molecule has 0 aliphatic carbocycles. The molecule has 0 spiro atoms. The van der Waals surface area contributed by atoms with Crippen LogP contribution in [0.15, 0.2) is 24.3 Å². The van der Waals surface area contributed by atoms with Crippen molar-refractivity contribution in [3.05, 3.63) is 47.0 Å². The van der Waals surface area contributed by atoms with Crippen LogP contribution in [0, 0.1) is 13.8 Å². The van der Waals surface area contributed by atoms with Crippen molar-refractivity contribution in [2.24, 2.45) is 0 Å². The lowest BCUT2D eigenvalue weighted by Gasteiger charge is -2.28. The van der Waals surface area contributed by atoms with E-state index >= 15 is 0 Å². The molecule has 1 aromatic carbocycles. The van der Waals surface area contributed by atoms with Crippen molar-refractivity contribution in [2.75, 3.05) is 36.5 Å². The summed E-state index contributed by atoms with van der Waals surface area (Å²) in [6.45, 7) is 6.23. The highest BCUT2D eigenvalue weighted by Gasteiger charge is 2.37. The van der Waals surface area contributed by atoms with Gasteiger partial charge < -0.3 is 15.0 Å². The van der Waals surface area contributed by atoms with Crippen molar-refractivity contribution in [2.45, 2.75) is 26.4 Å². The smallest absolute Gasteiger partial charge is 0.378 e. The number of aromatic nitrogens is 4. The van der Waals surface area contributed by atoms with Gasteiger partial charge in [0.1, 0.15) is 0 Å². The number of rotatable bonds is 4. The highest BCUT2D eigenvalue weighted by atomic mass is 19.4. The molecule has 4 rings (SSSR count). The highest BCUT2D eigenvalue weighted by molar-refractivity contribution is 5.92. The number of hydrogen-bond acceptors (Lipinski definition) is 6. The van der Waals surface area contributed by atoms with Gasteiger partial charge in [-0.3, -0.25) is 4.79 Å². The number of carbonyl (C=O) groups excluding carboxylic acids is 1. The number of nitrogens with zero attached hydrogens (tertiary/aromatic N) is 5. The lowest BCUT2D eigenvalue weighted by Crippen LogP contribution is -2.36. The second-order valence-corrected chi connectivity index (χ2v) is 7.28. The molecule has 0 atom stereocenters. The fourth-order valence-electron chi connectivity index (χ4n) is 3.53. The van der Waals surface area contributed by atoms with E-state index in [0.29, 0.717) is 35.9 Å². The third-order valence-corrected chi connectivity index (χ3v) is 5.17. The van der Waals surface area contributed by atoms with Crippen LogP contribution in [0.5, 0.6) is 0 Å². The van der Waals surface area contributed by atoms with E-state index in [1.165, 1.54) is 0 Å². The van der Waals surface area contributed by atoms with Gasteiger partial charge in [0, 0.05) is 41.4 Å². The molecular formula is C20H21F3N6O2. The molecule has 1 amide bonds. The topological polar surface area (TPSA) is 84.6 Å². The number of carbonyl (C=O) groups is 1. The minimum absolute atomic E-state index is 0.0486. The van der Waals surface area contributed by atoms with Crippen molar-refractivity contribution >= 4 is 23.1 Å². The molecule has 0 bridgehead atoms. The minimum Gasteiger partial charge on any atom is -0.378 e. The first-order chi connectivity index (χ1) is 14.7. The Labute approximate surface area is 176 Å². The van der Waals surface area contributed by atoms with Crippen molar-refractivity contribution in [3.63, 3.8) is 0 Å². The Morgan fingerprint density at radius 2 is 1.81 bits per heavy atom. The van der Waals surface area contributed by atoms with Crippen LogP contribution in [0.1, 0.15) is 22.8 Å². The fraction of sp³-hybridized carbons (Fsp3) is 0.400. The van der Waals surface area contributed by atoms with Gasteiger partial charge >= 0.3 is 6.18 Å². The van der Waals surface area contributed by atoms with E-state index in [-0.39, 0.29) is 18.1 Å². The molecule has 8 nitrogen and oxygen atoms in total. The lowest BCUT2D eigenvalue weighted by atomic mass is 10.1. The first-order valence-corrected chi connectivity index (χ1v) is 9.75. The van der Waals surface area contributed by atoms with Gasteiger partial charge in [0.25, 0.3) is 11.6 Å². The molecular weight excluding hydrogens is 413 g/mol. The normalized spacial score (nSPS) is 14.8. The van der Waals surface area contributed by atoms with Gasteiger partial charge in [-0.15, -0.1) is 5.10 Å². The van der Waals surface area contributed by atoms with E-state index in [9.17, 15) is 18.0 Å².